The largest absolute Gasteiger partial charge is 0.321 e. The molecule has 4 aromatic rings. The van der Waals surface area contributed by atoms with Gasteiger partial charge in [-0.15, -0.1) is 5.10 Å². The molecule has 5 rings (SSSR count). The lowest BCUT2D eigenvalue weighted by atomic mass is 9.95. The molecular weight excluding hydrogens is 460 g/mol. The van der Waals surface area contributed by atoms with Crippen molar-refractivity contribution in [3.05, 3.63) is 87.0 Å². The molecule has 1 N–H and O–H groups in total. The Labute approximate surface area is 218 Å². The minimum atomic E-state index is -0.0207. The first kappa shape index (κ1) is 25.3. The van der Waals surface area contributed by atoms with E-state index in [9.17, 15) is 4.79 Å². The molecule has 2 aromatic carbocycles. The molecule has 7 heteroatoms. The van der Waals surface area contributed by atoms with E-state index in [2.05, 4.69) is 86.4 Å². The number of benzene rings is 2. The molecule has 1 fully saturated rings. The SMILES string of the molecule is CCC(c1nnnn1C1CCCCC1)N(CCc1ccccc1)Cc1cc2c(C)ccc(C)c2[nH]c1=O. The molecule has 1 aliphatic carbocycles. The van der Waals surface area contributed by atoms with Crippen molar-refractivity contribution >= 4 is 10.9 Å². The van der Waals surface area contributed by atoms with Crippen molar-refractivity contribution in [1.82, 2.24) is 30.1 Å². The molecule has 194 valence electrons. The van der Waals surface area contributed by atoms with Gasteiger partial charge in [0.1, 0.15) is 0 Å². The molecule has 2 aromatic heterocycles. The summed E-state index contributed by atoms with van der Waals surface area (Å²) in [4.78, 5) is 18.9. The van der Waals surface area contributed by atoms with E-state index in [1.54, 1.807) is 0 Å². The summed E-state index contributed by atoms with van der Waals surface area (Å²) in [5.41, 5.74) is 5.23. The maximum absolute atomic E-state index is 13.3. The summed E-state index contributed by atoms with van der Waals surface area (Å²) in [6, 6.07) is 17.2. The van der Waals surface area contributed by atoms with Crippen LogP contribution in [-0.4, -0.2) is 36.6 Å². The maximum Gasteiger partial charge on any atom is 0.252 e. The van der Waals surface area contributed by atoms with Gasteiger partial charge in [-0.2, -0.15) is 0 Å². The average molecular weight is 499 g/mol. The van der Waals surface area contributed by atoms with Gasteiger partial charge in [0.05, 0.1) is 17.6 Å². The zero-order chi connectivity index (χ0) is 25.8. The van der Waals surface area contributed by atoms with Crippen molar-refractivity contribution in [2.45, 2.75) is 84.3 Å². The number of hydrogen-bond acceptors (Lipinski definition) is 5. The predicted molar refractivity (Wildman–Crippen MR) is 148 cm³/mol. The van der Waals surface area contributed by atoms with Gasteiger partial charge in [0.25, 0.3) is 5.56 Å². The summed E-state index contributed by atoms with van der Waals surface area (Å²) in [5, 5.41) is 14.2. The molecule has 0 amide bonds. The van der Waals surface area contributed by atoms with Crippen molar-refractivity contribution in [1.29, 1.82) is 0 Å². The number of aromatic amines is 1. The van der Waals surface area contributed by atoms with Gasteiger partial charge in [-0.25, -0.2) is 4.68 Å². The molecule has 0 radical (unpaired) electrons. The standard InChI is InChI=1S/C30H38N6O/c1-4-27(29-32-33-34-36(29)25-13-9-6-10-14-25)35(18-17-23-11-7-5-8-12-23)20-24-19-26-21(2)15-16-22(3)28(26)31-30(24)37/h5,7-8,11-12,15-16,19,25,27H,4,6,9-10,13-14,17-18,20H2,1-3H3,(H,31,37). The first-order chi connectivity index (χ1) is 18.0. The Morgan fingerprint density at radius 3 is 2.57 bits per heavy atom. The second kappa shape index (κ2) is 11.4. The van der Waals surface area contributed by atoms with Gasteiger partial charge in [-0.1, -0.05) is 68.7 Å². The molecule has 1 saturated carbocycles. The minimum Gasteiger partial charge on any atom is -0.321 e. The number of hydrogen-bond donors (Lipinski definition) is 1. The van der Waals surface area contributed by atoms with E-state index >= 15 is 0 Å². The van der Waals surface area contributed by atoms with E-state index in [4.69, 9.17) is 0 Å². The van der Waals surface area contributed by atoms with Crippen LogP contribution in [0.3, 0.4) is 0 Å². The maximum atomic E-state index is 13.3. The lowest BCUT2D eigenvalue weighted by molar-refractivity contribution is 0.165. The van der Waals surface area contributed by atoms with Gasteiger partial charge < -0.3 is 4.98 Å². The molecule has 1 unspecified atom stereocenters. The van der Waals surface area contributed by atoms with Crippen LogP contribution in [0.4, 0.5) is 0 Å². The number of rotatable bonds is 9. The van der Waals surface area contributed by atoms with Crippen LogP contribution in [-0.2, 0) is 13.0 Å². The summed E-state index contributed by atoms with van der Waals surface area (Å²) < 4.78 is 2.08. The van der Waals surface area contributed by atoms with Gasteiger partial charge in [-0.05, 0) is 72.7 Å². The van der Waals surface area contributed by atoms with Gasteiger partial charge >= 0.3 is 0 Å². The Bertz CT molecular complexity index is 1390. The van der Waals surface area contributed by atoms with Gasteiger partial charge in [-0.3, -0.25) is 9.69 Å². The first-order valence-electron chi connectivity index (χ1n) is 13.7. The zero-order valence-corrected chi connectivity index (χ0v) is 22.3. The highest BCUT2D eigenvalue weighted by atomic mass is 16.1. The van der Waals surface area contributed by atoms with E-state index in [1.807, 2.05) is 13.0 Å². The smallest absolute Gasteiger partial charge is 0.252 e. The zero-order valence-electron chi connectivity index (χ0n) is 22.3. The van der Waals surface area contributed by atoms with Crippen LogP contribution in [0.5, 0.6) is 0 Å². The molecule has 0 spiro atoms. The molecule has 1 atom stereocenters. The molecule has 37 heavy (non-hydrogen) atoms. The highest BCUT2D eigenvalue weighted by molar-refractivity contribution is 5.85. The van der Waals surface area contributed by atoms with Gasteiger partial charge in [0, 0.05) is 24.0 Å². The first-order valence-corrected chi connectivity index (χ1v) is 13.7. The summed E-state index contributed by atoms with van der Waals surface area (Å²) >= 11 is 0. The van der Waals surface area contributed by atoms with Gasteiger partial charge in [0.2, 0.25) is 0 Å². The quantitative estimate of drug-likeness (QED) is 0.314. The summed E-state index contributed by atoms with van der Waals surface area (Å²) in [5.74, 6) is 0.923. The summed E-state index contributed by atoms with van der Waals surface area (Å²) in [6.07, 6.45) is 7.76. The van der Waals surface area contributed by atoms with Crippen LogP contribution < -0.4 is 5.56 Å². The highest BCUT2D eigenvalue weighted by Crippen LogP contribution is 2.32. The third kappa shape index (κ3) is 5.52. The van der Waals surface area contributed by atoms with E-state index < -0.39 is 0 Å². The Balaban J connectivity index is 1.51. The van der Waals surface area contributed by atoms with Crippen LogP contribution in [0.1, 0.15) is 85.6 Å². The van der Waals surface area contributed by atoms with E-state index in [-0.39, 0.29) is 11.6 Å². The number of nitrogens with zero attached hydrogens (tertiary/aromatic N) is 5. The lowest BCUT2D eigenvalue weighted by Crippen LogP contribution is -2.35. The van der Waals surface area contributed by atoms with Gasteiger partial charge in [0.15, 0.2) is 5.82 Å². The van der Waals surface area contributed by atoms with Crippen LogP contribution in [0, 0.1) is 13.8 Å². The number of pyridine rings is 1. The number of fused-ring (bicyclic) bond motifs is 1. The van der Waals surface area contributed by atoms with Crippen molar-refractivity contribution < 1.29 is 0 Å². The minimum absolute atomic E-state index is 0.0207. The molecule has 0 saturated heterocycles. The lowest BCUT2D eigenvalue weighted by Gasteiger charge is -2.32. The molecular formula is C30H38N6O. The van der Waals surface area contributed by atoms with Crippen molar-refractivity contribution in [2.24, 2.45) is 0 Å². The monoisotopic (exact) mass is 498 g/mol. The Morgan fingerprint density at radius 2 is 1.81 bits per heavy atom. The third-order valence-electron chi connectivity index (χ3n) is 7.99. The number of H-pyrrole nitrogens is 1. The Hall–Kier alpha value is -3.32. The average Bonchev–Trinajstić information content (AvgIpc) is 3.41. The van der Waals surface area contributed by atoms with Crippen LogP contribution in [0.2, 0.25) is 0 Å². The molecule has 0 aliphatic heterocycles. The fraction of sp³-hybridized carbons (Fsp3) is 0.467. The molecule has 7 nitrogen and oxygen atoms in total. The predicted octanol–water partition coefficient (Wildman–Crippen LogP) is 5.83. The van der Waals surface area contributed by atoms with E-state index in [0.29, 0.717) is 12.6 Å². The van der Waals surface area contributed by atoms with Crippen molar-refractivity contribution in [2.75, 3.05) is 6.54 Å². The normalized spacial score (nSPS) is 15.5. The van der Waals surface area contributed by atoms with Crippen LogP contribution in [0.15, 0.2) is 53.3 Å². The number of tetrazole rings is 1. The second-order valence-electron chi connectivity index (χ2n) is 10.5. The van der Waals surface area contributed by atoms with E-state index in [0.717, 1.165) is 60.1 Å². The number of nitrogens with one attached hydrogen (secondary N) is 1. The number of aryl methyl sites for hydroxylation is 2. The topological polar surface area (TPSA) is 79.7 Å². The van der Waals surface area contributed by atoms with Crippen LogP contribution in [0.25, 0.3) is 10.9 Å². The Morgan fingerprint density at radius 1 is 1.05 bits per heavy atom. The van der Waals surface area contributed by atoms with E-state index in [1.165, 1.54) is 30.4 Å². The highest BCUT2D eigenvalue weighted by Gasteiger charge is 2.29. The molecule has 1 aliphatic rings. The third-order valence-corrected chi connectivity index (χ3v) is 7.99. The van der Waals surface area contributed by atoms with Crippen molar-refractivity contribution in [3.8, 4) is 0 Å². The fourth-order valence-corrected chi connectivity index (χ4v) is 5.83. The summed E-state index contributed by atoms with van der Waals surface area (Å²) in [7, 11) is 0. The van der Waals surface area contributed by atoms with Crippen LogP contribution >= 0.6 is 0 Å². The fourth-order valence-electron chi connectivity index (χ4n) is 5.83. The molecule has 0 bridgehead atoms. The van der Waals surface area contributed by atoms with Crippen molar-refractivity contribution in [3.63, 3.8) is 0 Å². The Kier molecular flexibility index (Phi) is 7.79. The number of aromatic nitrogens is 5. The molecule has 2 heterocycles. The summed E-state index contributed by atoms with van der Waals surface area (Å²) in [6.45, 7) is 7.69. The second-order valence-corrected chi connectivity index (χ2v) is 10.5.